The molecule has 0 aliphatic heterocycles. The standard InChI is InChI=1S/C12H26N2S/c1-4-14(5-2)8-9-15-10-12(13-3)11-6-7-11/h11-13H,4-10H2,1-3H3. The normalized spacial score (nSPS) is 18.4. The highest BCUT2D eigenvalue weighted by atomic mass is 32.2. The van der Waals surface area contributed by atoms with E-state index < -0.39 is 0 Å². The van der Waals surface area contributed by atoms with Gasteiger partial charge in [-0.1, -0.05) is 13.8 Å². The summed E-state index contributed by atoms with van der Waals surface area (Å²) in [4.78, 5) is 2.50. The molecule has 0 aromatic carbocycles. The summed E-state index contributed by atoms with van der Waals surface area (Å²) in [5.41, 5.74) is 0. The van der Waals surface area contributed by atoms with Crippen molar-refractivity contribution in [3.63, 3.8) is 0 Å². The van der Waals surface area contributed by atoms with Gasteiger partial charge in [0.25, 0.3) is 0 Å². The first kappa shape index (κ1) is 13.3. The van der Waals surface area contributed by atoms with Crippen molar-refractivity contribution in [2.24, 2.45) is 5.92 Å². The third-order valence-electron chi connectivity index (χ3n) is 3.31. The van der Waals surface area contributed by atoms with Crippen molar-refractivity contribution in [1.82, 2.24) is 10.2 Å². The molecule has 0 saturated heterocycles. The van der Waals surface area contributed by atoms with Crippen molar-refractivity contribution in [3.8, 4) is 0 Å². The van der Waals surface area contributed by atoms with Gasteiger partial charge in [-0.25, -0.2) is 0 Å². The molecule has 0 amide bonds. The van der Waals surface area contributed by atoms with Crippen LogP contribution in [0.3, 0.4) is 0 Å². The topological polar surface area (TPSA) is 15.3 Å². The van der Waals surface area contributed by atoms with Crippen molar-refractivity contribution < 1.29 is 0 Å². The summed E-state index contributed by atoms with van der Waals surface area (Å²) in [6.45, 7) is 8.12. The smallest absolute Gasteiger partial charge is 0.0183 e. The van der Waals surface area contributed by atoms with Crippen LogP contribution in [-0.4, -0.2) is 49.1 Å². The maximum absolute atomic E-state index is 3.45. The van der Waals surface area contributed by atoms with Crippen LogP contribution in [0.2, 0.25) is 0 Å². The average Bonchev–Trinajstić information content (AvgIpc) is 3.08. The Hall–Kier alpha value is 0.270. The Bertz CT molecular complexity index is 156. The number of hydrogen-bond acceptors (Lipinski definition) is 3. The van der Waals surface area contributed by atoms with E-state index in [0.717, 1.165) is 12.0 Å². The van der Waals surface area contributed by atoms with Gasteiger partial charge in [-0.05, 0) is 38.9 Å². The zero-order valence-electron chi connectivity index (χ0n) is 10.5. The molecule has 90 valence electrons. The minimum atomic E-state index is 0.770. The van der Waals surface area contributed by atoms with Crippen LogP contribution < -0.4 is 5.32 Å². The van der Waals surface area contributed by atoms with Gasteiger partial charge in [-0.15, -0.1) is 0 Å². The fourth-order valence-electron chi connectivity index (χ4n) is 1.90. The summed E-state index contributed by atoms with van der Waals surface area (Å²) >= 11 is 2.11. The second kappa shape index (κ2) is 7.53. The number of hydrogen-bond donors (Lipinski definition) is 1. The molecule has 1 saturated carbocycles. The summed E-state index contributed by atoms with van der Waals surface area (Å²) in [5, 5.41) is 3.45. The molecule has 0 radical (unpaired) electrons. The molecule has 1 fully saturated rings. The molecular formula is C12H26N2S. The lowest BCUT2D eigenvalue weighted by molar-refractivity contribution is 0.324. The van der Waals surface area contributed by atoms with Crippen molar-refractivity contribution in [3.05, 3.63) is 0 Å². The molecule has 3 heteroatoms. The number of rotatable bonds is 9. The minimum absolute atomic E-state index is 0.770. The van der Waals surface area contributed by atoms with Gasteiger partial charge in [-0.2, -0.15) is 11.8 Å². The summed E-state index contributed by atoms with van der Waals surface area (Å²) in [7, 11) is 2.11. The van der Waals surface area contributed by atoms with Crippen LogP contribution in [0, 0.1) is 5.92 Å². The van der Waals surface area contributed by atoms with Crippen molar-refractivity contribution in [2.75, 3.05) is 38.2 Å². The molecule has 2 nitrogen and oxygen atoms in total. The van der Waals surface area contributed by atoms with E-state index in [4.69, 9.17) is 0 Å². The lowest BCUT2D eigenvalue weighted by Crippen LogP contribution is -2.31. The van der Waals surface area contributed by atoms with Gasteiger partial charge in [0.2, 0.25) is 0 Å². The molecule has 0 bridgehead atoms. The highest BCUT2D eigenvalue weighted by Crippen LogP contribution is 2.33. The highest BCUT2D eigenvalue weighted by molar-refractivity contribution is 7.99. The van der Waals surface area contributed by atoms with Crippen LogP contribution in [-0.2, 0) is 0 Å². The molecule has 1 aliphatic carbocycles. The molecule has 1 rings (SSSR count). The fourth-order valence-corrected chi connectivity index (χ4v) is 3.14. The first-order chi connectivity index (χ1) is 7.31. The SMILES string of the molecule is CCN(CC)CCSCC(NC)C1CC1. The number of thioether (sulfide) groups is 1. The predicted octanol–water partition coefficient (Wildman–Crippen LogP) is 2.06. The van der Waals surface area contributed by atoms with Gasteiger partial charge in [0, 0.05) is 24.1 Å². The molecule has 0 heterocycles. The maximum Gasteiger partial charge on any atom is 0.0183 e. The molecule has 1 aliphatic rings. The van der Waals surface area contributed by atoms with Gasteiger partial charge in [0.1, 0.15) is 0 Å². The largest absolute Gasteiger partial charge is 0.316 e. The highest BCUT2D eigenvalue weighted by Gasteiger charge is 2.29. The molecule has 0 aromatic heterocycles. The third-order valence-corrected chi connectivity index (χ3v) is 4.37. The Morgan fingerprint density at radius 2 is 2.00 bits per heavy atom. The molecule has 0 spiro atoms. The van der Waals surface area contributed by atoms with Gasteiger partial charge < -0.3 is 10.2 Å². The maximum atomic E-state index is 3.45. The molecule has 1 atom stereocenters. The van der Waals surface area contributed by atoms with Crippen LogP contribution in [0.1, 0.15) is 26.7 Å². The monoisotopic (exact) mass is 230 g/mol. The van der Waals surface area contributed by atoms with E-state index in [1.54, 1.807) is 0 Å². The van der Waals surface area contributed by atoms with Gasteiger partial charge >= 0.3 is 0 Å². The summed E-state index contributed by atoms with van der Waals surface area (Å²) in [5.74, 6) is 3.56. The van der Waals surface area contributed by atoms with Crippen molar-refractivity contribution in [2.45, 2.75) is 32.7 Å². The van der Waals surface area contributed by atoms with E-state index in [1.807, 2.05) is 0 Å². The summed E-state index contributed by atoms with van der Waals surface area (Å²) < 4.78 is 0. The second-order valence-corrected chi connectivity index (χ2v) is 5.48. The fraction of sp³-hybridized carbons (Fsp3) is 1.00. The minimum Gasteiger partial charge on any atom is -0.316 e. The average molecular weight is 230 g/mol. The van der Waals surface area contributed by atoms with Crippen molar-refractivity contribution in [1.29, 1.82) is 0 Å². The number of nitrogens with zero attached hydrogens (tertiary/aromatic N) is 1. The first-order valence-corrected chi connectivity index (χ1v) is 7.44. The Labute approximate surface area is 99.2 Å². The summed E-state index contributed by atoms with van der Waals surface area (Å²) in [6, 6.07) is 0.770. The Morgan fingerprint density at radius 1 is 1.33 bits per heavy atom. The lowest BCUT2D eigenvalue weighted by Gasteiger charge is -2.19. The predicted molar refractivity (Wildman–Crippen MR) is 70.7 cm³/mol. The van der Waals surface area contributed by atoms with Crippen LogP contribution in [0.5, 0.6) is 0 Å². The summed E-state index contributed by atoms with van der Waals surface area (Å²) in [6.07, 6.45) is 2.89. The van der Waals surface area contributed by atoms with Gasteiger partial charge in [-0.3, -0.25) is 0 Å². The van der Waals surface area contributed by atoms with Crippen LogP contribution in [0.25, 0.3) is 0 Å². The molecule has 15 heavy (non-hydrogen) atoms. The van der Waals surface area contributed by atoms with E-state index in [9.17, 15) is 0 Å². The van der Waals surface area contributed by atoms with Crippen LogP contribution in [0.4, 0.5) is 0 Å². The van der Waals surface area contributed by atoms with Crippen LogP contribution in [0.15, 0.2) is 0 Å². The van der Waals surface area contributed by atoms with E-state index >= 15 is 0 Å². The van der Waals surface area contributed by atoms with Gasteiger partial charge in [0.05, 0.1) is 0 Å². The zero-order valence-corrected chi connectivity index (χ0v) is 11.3. The third kappa shape index (κ3) is 5.23. The Kier molecular flexibility index (Phi) is 6.69. The quantitative estimate of drug-likeness (QED) is 0.610. The molecule has 0 aromatic rings. The van der Waals surface area contributed by atoms with Crippen molar-refractivity contribution >= 4 is 11.8 Å². The first-order valence-electron chi connectivity index (χ1n) is 6.29. The molecule has 1 N–H and O–H groups in total. The van der Waals surface area contributed by atoms with E-state index in [1.165, 1.54) is 44.0 Å². The van der Waals surface area contributed by atoms with E-state index in [0.29, 0.717) is 0 Å². The van der Waals surface area contributed by atoms with Gasteiger partial charge in [0.15, 0.2) is 0 Å². The van der Waals surface area contributed by atoms with E-state index in [-0.39, 0.29) is 0 Å². The van der Waals surface area contributed by atoms with Crippen LogP contribution >= 0.6 is 11.8 Å². The molecular weight excluding hydrogens is 204 g/mol. The lowest BCUT2D eigenvalue weighted by atomic mass is 10.2. The Balaban J connectivity index is 1.99. The number of nitrogens with one attached hydrogen (secondary N) is 1. The molecule has 1 unspecified atom stereocenters. The Morgan fingerprint density at radius 3 is 2.47 bits per heavy atom. The van der Waals surface area contributed by atoms with E-state index in [2.05, 4.69) is 42.9 Å². The zero-order chi connectivity index (χ0) is 11.1. The second-order valence-electron chi connectivity index (χ2n) is 4.33.